The molecule has 2 rings (SSSR count). The van der Waals surface area contributed by atoms with Gasteiger partial charge in [-0.3, -0.25) is 14.9 Å². The minimum absolute atomic E-state index is 0.142. The van der Waals surface area contributed by atoms with Crippen LogP contribution in [0.15, 0.2) is 24.4 Å². The highest BCUT2D eigenvalue weighted by Gasteiger charge is 2.17. The lowest BCUT2D eigenvalue weighted by atomic mass is 10.4. The number of aromatic nitrogens is 3. The second-order valence-electron chi connectivity index (χ2n) is 3.65. The number of halogens is 1. The van der Waals surface area contributed by atoms with Crippen LogP contribution in [0.1, 0.15) is 10.5 Å². The summed E-state index contributed by atoms with van der Waals surface area (Å²) in [5.74, 6) is -0.314. The quantitative estimate of drug-likeness (QED) is 0.680. The van der Waals surface area contributed by atoms with Gasteiger partial charge in [-0.05, 0) is 12.1 Å². The highest BCUT2D eigenvalue weighted by atomic mass is 35.5. The molecule has 19 heavy (non-hydrogen) atoms. The Hall–Kier alpha value is -2.48. The van der Waals surface area contributed by atoms with Crippen LogP contribution in [0.2, 0.25) is 5.15 Å². The van der Waals surface area contributed by atoms with E-state index in [2.05, 4.69) is 15.5 Å². The summed E-state index contributed by atoms with van der Waals surface area (Å²) in [6, 6.07) is 4.13. The Bertz CT molecular complexity index is 637. The molecular formula is C10H8ClN5O3. The molecule has 2 aromatic rings. The third-order valence-electron chi connectivity index (χ3n) is 2.31. The van der Waals surface area contributed by atoms with Crippen LogP contribution in [0.5, 0.6) is 0 Å². The number of carbonyl (C=O) groups is 1. The van der Waals surface area contributed by atoms with Gasteiger partial charge in [-0.1, -0.05) is 11.6 Å². The molecule has 0 aromatic carbocycles. The summed E-state index contributed by atoms with van der Waals surface area (Å²) in [5, 5.41) is 20.5. The number of nitrogens with zero attached hydrogens (tertiary/aromatic N) is 4. The van der Waals surface area contributed by atoms with Gasteiger partial charge in [0, 0.05) is 13.1 Å². The summed E-state index contributed by atoms with van der Waals surface area (Å²) in [7, 11) is 1.54. The molecule has 0 atom stereocenters. The molecule has 2 aromatic heterocycles. The molecule has 0 spiro atoms. The molecule has 9 heteroatoms. The van der Waals surface area contributed by atoms with Crippen LogP contribution in [0.3, 0.4) is 0 Å². The molecule has 0 bridgehead atoms. The van der Waals surface area contributed by atoms with Crippen molar-refractivity contribution >= 4 is 29.0 Å². The Kier molecular flexibility index (Phi) is 3.43. The van der Waals surface area contributed by atoms with Crippen molar-refractivity contribution in [3.8, 4) is 0 Å². The summed E-state index contributed by atoms with van der Waals surface area (Å²) in [6.45, 7) is 0. The maximum atomic E-state index is 11.9. The smallest absolute Gasteiger partial charge is 0.287 e. The van der Waals surface area contributed by atoms with Crippen LogP contribution < -0.4 is 5.32 Å². The third kappa shape index (κ3) is 2.86. The van der Waals surface area contributed by atoms with E-state index >= 15 is 0 Å². The number of nitrogens with one attached hydrogen (secondary N) is 1. The summed E-state index contributed by atoms with van der Waals surface area (Å²) < 4.78 is 1.36. The molecule has 0 saturated heterocycles. The van der Waals surface area contributed by atoms with Gasteiger partial charge in [0.15, 0.2) is 11.0 Å². The van der Waals surface area contributed by atoms with Gasteiger partial charge in [0.1, 0.15) is 5.69 Å². The van der Waals surface area contributed by atoms with Gasteiger partial charge in [0.2, 0.25) is 0 Å². The monoisotopic (exact) mass is 281 g/mol. The zero-order valence-corrected chi connectivity index (χ0v) is 10.5. The van der Waals surface area contributed by atoms with E-state index in [1.54, 1.807) is 0 Å². The van der Waals surface area contributed by atoms with Crippen LogP contribution in [0.25, 0.3) is 0 Å². The number of amides is 1. The molecule has 0 aliphatic heterocycles. The lowest BCUT2D eigenvalue weighted by Crippen LogP contribution is -2.16. The Balaban J connectivity index is 2.20. The molecule has 0 aliphatic carbocycles. The maximum absolute atomic E-state index is 11.9. The average Bonchev–Trinajstić information content (AvgIpc) is 2.74. The van der Waals surface area contributed by atoms with E-state index in [1.165, 1.54) is 36.0 Å². The lowest BCUT2D eigenvalue weighted by Gasteiger charge is -2.03. The van der Waals surface area contributed by atoms with Gasteiger partial charge in [-0.25, -0.2) is 0 Å². The van der Waals surface area contributed by atoms with E-state index in [4.69, 9.17) is 11.6 Å². The van der Waals surface area contributed by atoms with Crippen molar-refractivity contribution in [3.05, 3.63) is 45.4 Å². The summed E-state index contributed by atoms with van der Waals surface area (Å²) in [6.07, 6.45) is 1.25. The van der Waals surface area contributed by atoms with Gasteiger partial charge < -0.3 is 9.88 Å². The normalized spacial score (nSPS) is 10.2. The van der Waals surface area contributed by atoms with E-state index in [-0.39, 0.29) is 22.4 Å². The van der Waals surface area contributed by atoms with Crippen molar-refractivity contribution in [2.24, 2.45) is 7.05 Å². The zero-order valence-electron chi connectivity index (χ0n) is 9.70. The van der Waals surface area contributed by atoms with Gasteiger partial charge in [0.05, 0.1) is 11.1 Å². The van der Waals surface area contributed by atoms with Crippen LogP contribution in [-0.4, -0.2) is 25.6 Å². The Morgan fingerprint density at radius 2 is 2.21 bits per heavy atom. The molecule has 0 fully saturated rings. The van der Waals surface area contributed by atoms with Gasteiger partial charge in [-0.2, -0.15) is 0 Å². The fraction of sp³-hybridized carbons (Fsp3) is 0.100. The standard InChI is InChI=1S/C10H8ClN5O3/c1-15-5-6(16(18)19)4-7(15)10(17)12-9-3-2-8(11)13-14-9/h2-5H,1H3,(H,12,14,17). The highest BCUT2D eigenvalue weighted by molar-refractivity contribution is 6.29. The molecule has 8 nitrogen and oxygen atoms in total. The van der Waals surface area contributed by atoms with Crippen LogP contribution in [-0.2, 0) is 7.05 Å². The van der Waals surface area contributed by atoms with Crippen molar-refractivity contribution in [3.63, 3.8) is 0 Å². The SMILES string of the molecule is Cn1cc([N+](=O)[O-])cc1C(=O)Nc1ccc(Cl)nn1. The zero-order chi connectivity index (χ0) is 14.0. The summed E-state index contributed by atoms with van der Waals surface area (Å²) >= 11 is 5.56. The largest absolute Gasteiger partial charge is 0.340 e. The Morgan fingerprint density at radius 3 is 2.74 bits per heavy atom. The van der Waals surface area contributed by atoms with Gasteiger partial charge in [-0.15, -0.1) is 10.2 Å². The number of carbonyl (C=O) groups excluding carboxylic acids is 1. The first-order valence-corrected chi connectivity index (χ1v) is 5.46. The van der Waals surface area contributed by atoms with Crippen LogP contribution in [0.4, 0.5) is 11.5 Å². The van der Waals surface area contributed by atoms with Crippen LogP contribution >= 0.6 is 11.6 Å². The predicted molar refractivity (Wildman–Crippen MR) is 67.1 cm³/mol. The average molecular weight is 282 g/mol. The highest BCUT2D eigenvalue weighted by Crippen LogP contribution is 2.16. The van der Waals surface area contributed by atoms with Crippen molar-refractivity contribution in [2.45, 2.75) is 0 Å². The van der Waals surface area contributed by atoms with Crippen molar-refractivity contribution in [1.82, 2.24) is 14.8 Å². The van der Waals surface area contributed by atoms with Crippen molar-refractivity contribution in [2.75, 3.05) is 5.32 Å². The van der Waals surface area contributed by atoms with E-state index in [0.29, 0.717) is 0 Å². The number of aryl methyl sites for hydroxylation is 1. The molecule has 2 heterocycles. The molecule has 1 N–H and O–H groups in total. The molecule has 98 valence electrons. The van der Waals surface area contributed by atoms with E-state index in [0.717, 1.165) is 0 Å². The molecule has 0 aliphatic rings. The number of rotatable bonds is 3. The van der Waals surface area contributed by atoms with E-state index in [1.807, 2.05) is 0 Å². The lowest BCUT2D eigenvalue weighted by molar-refractivity contribution is -0.384. The summed E-state index contributed by atoms with van der Waals surface area (Å²) in [4.78, 5) is 21.9. The third-order valence-corrected chi connectivity index (χ3v) is 2.51. The van der Waals surface area contributed by atoms with E-state index in [9.17, 15) is 14.9 Å². The predicted octanol–water partition coefficient (Wildman–Crippen LogP) is 1.63. The van der Waals surface area contributed by atoms with E-state index < -0.39 is 10.8 Å². The minimum Gasteiger partial charge on any atom is -0.340 e. The second kappa shape index (κ2) is 5.02. The Morgan fingerprint density at radius 1 is 1.47 bits per heavy atom. The van der Waals surface area contributed by atoms with Gasteiger partial charge >= 0.3 is 0 Å². The van der Waals surface area contributed by atoms with Crippen molar-refractivity contribution < 1.29 is 9.72 Å². The minimum atomic E-state index is -0.571. The first kappa shape index (κ1) is 13.0. The van der Waals surface area contributed by atoms with Gasteiger partial charge in [0.25, 0.3) is 11.6 Å². The number of hydrogen-bond donors (Lipinski definition) is 1. The molecular weight excluding hydrogens is 274 g/mol. The van der Waals surface area contributed by atoms with Crippen molar-refractivity contribution in [1.29, 1.82) is 0 Å². The fourth-order valence-electron chi connectivity index (χ4n) is 1.44. The number of nitro groups is 1. The topological polar surface area (TPSA) is 103 Å². The number of hydrogen-bond acceptors (Lipinski definition) is 5. The molecule has 1 amide bonds. The first-order valence-electron chi connectivity index (χ1n) is 5.08. The first-order chi connectivity index (χ1) is 8.97. The van der Waals surface area contributed by atoms with Crippen LogP contribution in [0, 0.1) is 10.1 Å². The number of anilines is 1. The molecule has 0 saturated carbocycles. The Labute approximate surface area is 112 Å². The maximum Gasteiger partial charge on any atom is 0.287 e. The summed E-state index contributed by atoms with van der Waals surface area (Å²) in [5.41, 5.74) is -0.0155. The molecule has 0 radical (unpaired) electrons. The fourth-order valence-corrected chi connectivity index (χ4v) is 1.54. The second-order valence-corrected chi connectivity index (χ2v) is 4.03. The molecule has 0 unspecified atom stereocenters.